The predicted molar refractivity (Wildman–Crippen MR) is 46.8 cm³/mol. The van der Waals surface area contributed by atoms with Gasteiger partial charge in [0.15, 0.2) is 0 Å². The number of hydrogen-bond donors (Lipinski definition) is 2. The number of carbonyl (C=O) groups is 1. The van der Waals surface area contributed by atoms with E-state index in [1.54, 1.807) is 0 Å². The van der Waals surface area contributed by atoms with Gasteiger partial charge in [0.1, 0.15) is 5.54 Å². The summed E-state index contributed by atoms with van der Waals surface area (Å²) < 4.78 is 0. The van der Waals surface area contributed by atoms with Gasteiger partial charge in [-0.2, -0.15) is 0 Å². The predicted octanol–water partition coefficient (Wildman–Crippen LogP) is 1.37. The summed E-state index contributed by atoms with van der Waals surface area (Å²) in [6.45, 7) is 2.16. The second-order valence-electron chi connectivity index (χ2n) is 4.00. The van der Waals surface area contributed by atoms with Gasteiger partial charge in [0.05, 0.1) is 0 Å². The van der Waals surface area contributed by atoms with Crippen molar-refractivity contribution < 1.29 is 9.90 Å². The lowest BCUT2D eigenvalue weighted by atomic mass is 9.91. The van der Waals surface area contributed by atoms with E-state index >= 15 is 0 Å². The molecule has 1 rings (SSSR count). The topological polar surface area (TPSA) is 63.3 Å². The van der Waals surface area contributed by atoms with E-state index in [-0.39, 0.29) is 0 Å². The van der Waals surface area contributed by atoms with E-state index in [1.165, 1.54) is 0 Å². The summed E-state index contributed by atoms with van der Waals surface area (Å²) in [4.78, 5) is 10.8. The summed E-state index contributed by atoms with van der Waals surface area (Å²) in [5, 5.41) is 8.88. The number of rotatable bonds is 1. The molecule has 1 fully saturated rings. The van der Waals surface area contributed by atoms with Gasteiger partial charge < -0.3 is 10.8 Å². The quantitative estimate of drug-likeness (QED) is 0.586. The van der Waals surface area contributed by atoms with Crippen molar-refractivity contribution >= 4 is 5.97 Å². The minimum atomic E-state index is -0.940. The van der Waals surface area contributed by atoms with E-state index in [2.05, 4.69) is 6.92 Å². The average Bonchev–Trinajstić information content (AvgIpc) is 2.15. The molecule has 70 valence electrons. The standard InChI is InChI=1S/C9H17NO2/c1-7-3-2-5-9(10,6-4-7)8(11)12/h7H,2-6,10H2,1H3,(H,11,12). The largest absolute Gasteiger partial charge is 0.480 e. The molecule has 0 amide bonds. The molecule has 0 aliphatic heterocycles. The molecule has 0 bridgehead atoms. The Hall–Kier alpha value is -0.570. The van der Waals surface area contributed by atoms with Crippen LogP contribution in [0.15, 0.2) is 0 Å². The minimum absolute atomic E-state index is 0.628. The van der Waals surface area contributed by atoms with E-state index in [9.17, 15) is 4.79 Å². The van der Waals surface area contributed by atoms with E-state index in [0.29, 0.717) is 18.8 Å². The van der Waals surface area contributed by atoms with Gasteiger partial charge in [0, 0.05) is 0 Å². The smallest absolute Gasteiger partial charge is 0.323 e. The van der Waals surface area contributed by atoms with Gasteiger partial charge in [-0.25, -0.2) is 0 Å². The van der Waals surface area contributed by atoms with E-state index < -0.39 is 11.5 Å². The van der Waals surface area contributed by atoms with Crippen LogP contribution in [0, 0.1) is 5.92 Å². The Labute approximate surface area is 72.9 Å². The summed E-state index contributed by atoms with van der Waals surface area (Å²) in [6, 6.07) is 0. The molecule has 0 radical (unpaired) electrons. The maximum atomic E-state index is 10.8. The van der Waals surface area contributed by atoms with E-state index in [4.69, 9.17) is 10.8 Å². The maximum absolute atomic E-state index is 10.8. The van der Waals surface area contributed by atoms with Gasteiger partial charge in [-0.3, -0.25) is 4.79 Å². The normalized spacial score (nSPS) is 37.3. The van der Waals surface area contributed by atoms with E-state index in [0.717, 1.165) is 19.3 Å². The third-order valence-corrected chi connectivity index (χ3v) is 2.83. The number of hydrogen-bond acceptors (Lipinski definition) is 2. The van der Waals surface area contributed by atoms with Crippen molar-refractivity contribution in [2.24, 2.45) is 11.7 Å². The molecule has 3 heteroatoms. The molecule has 0 saturated heterocycles. The van der Waals surface area contributed by atoms with Gasteiger partial charge >= 0.3 is 5.97 Å². The first-order valence-electron chi connectivity index (χ1n) is 4.57. The Bertz CT molecular complexity index is 181. The molecule has 3 nitrogen and oxygen atoms in total. The summed E-state index contributed by atoms with van der Waals surface area (Å²) in [6.07, 6.45) is 4.27. The monoisotopic (exact) mass is 171 g/mol. The molecular formula is C9H17NO2. The highest BCUT2D eigenvalue weighted by molar-refractivity contribution is 5.78. The molecule has 0 spiro atoms. The summed E-state index contributed by atoms with van der Waals surface area (Å²) in [7, 11) is 0. The Balaban J connectivity index is 2.61. The van der Waals surface area contributed by atoms with E-state index in [1.807, 2.05) is 0 Å². The van der Waals surface area contributed by atoms with Crippen LogP contribution in [-0.4, -0.2) is 16.6 Å². The van der Waals surface area contributed by atoms with Crippen LogP contribution in [0.2, 0.25) is 0 Å². The molecule has 3 N–H and O–H groups in total. The lowest BCUT2D eigenvalue weighted by molar-refractivity contribution is -0.143. The van der Waals surface area contributed by atoms with Crippen molar-refractivity contribution in [1.82, 2.24) is 0 Å². The van der Waals surface area contributed by atoms with Gasteiger partial charge in [0.2, 0.25) is 0 Å². The second kappa shape index (κ2) is 3.44. The first kappa shape index (κ1) is 9.52. The van der Waals surface area contributed by atoms with Gasteiger partial charge in [-0.1, -0.05) is 19.8 Å². The van der Waals surface area contributed by atoms with Crippen molar-refractivity contribution in [3.63, 3.8) is 0 Å². The molecule has 1 aliphatic carbocycles. The third-order valence-electron chi connectivity index (χ3n) is 2.83. The molecule has 1 saturated carbocycles. The summed E-state index contributed by atoms with van der Waals surface area (Å²) in [5.74, 6) is -0.202. The molecule has 2 atom stereocenters. The zero-order chi connectivity index (χ0) is 9.19. The first-order chi connectivity index (χ1) is 5.54. The molecule has 0 heterocycles. The lowest BCUT2D eigenvalue weighted by Gasteiger charge is -2.22. The van der Waals surface area contributed by atoms with Crippen LogP contribution in [0.1, 0.15) is 39.0 Å². The Morgan fingerprint density at radius 3 is 2.75 bits per heavy atom. The molecule has 0 aromatic rings. The molecule has 2 unspecified atom stereocenters. The summed E-state index contributed by atoms with van der Waals surface area (Å²) >= 11 is 0. The Kier molecular flexibility index (Phi) is 2.73. The van der Waals surface area contributed by atoms with Crippen LogP contribution >= 0.6 is 0 Å². The number of carboxylic acids is 1. The fraction of sp³-hybridized carbons (Fsp3) is 0.889. The number of nitrogens with two attached hydrogens (primary N) is 1. The third kappa shape index (κ3) is 1.97. The summed E-state index contributed by atoms with van der Waals surface area (Å²) in [5.41, 5.74) is 4.82. The molecule has 12 heavy (non-hydrogen) atoms. The molecule has 0 aromatic heterocycles. The van der Waals surface area contributed by atoms with Crippen LogP contribution in [0.25, 0.3) is 0 Å². The van der Waals surface area contributed by atoms with Gasteiger partial charge in [0.25, 0.3) is 0 Å². The second-order valence-corrected chi connectivity index (χ2v) is 4.00. The fourth-order valence-corrected chi connectivity index (χ4v) is 1.75. The van der Waals surface area contributed by atoms with Crippen molar-refractivity contribution in [3.8, 4) is 0 Å². The van der Waals surface area contributed by atoms with Crippen molar-refractivity contribution in [3.05, 3.63) is 0 Å². The van der Waals surface area contributed by atoms with Gasteiger partial charge in [-0.15, -0.1) is 0 Å². The molecule has 0 aromatic carbocycles. The van der Waals surface area contributed by atoms with Crippen LogP contribution in [0.4, 0.5) is 0 Å². The molecule has 1 aliphatic rings. The minimum Gasteiger partial charge on any atom is -0.480 e. The fourth-order valence-electron chi connectivity index (χ4n) is 1.75. The highest BCUT2D eigenvalue weighted by Crippen LogP contribution is 2.28. The molecular weight excluding hydrogens is 154 g/mol. The zero-order valence-electron chi connectivity index (χ0n) is 7.55. The number of carboxylic acid groups (broad SMARTS) is 1. The van der Waals surface area contributed by atoms with Crippen molar-refractivity contribution in [1.29, 1.82) is 0 Å². The highest BCUT2D eigenvalue weighted by Gasteiger charge is 2.35. The van der Waals surface area contributed by atoms with Crippen LogP contribution in [-0.2, 0) is 4.79 Å². The number of aliphatic carboxylic acids is 1. The average molecular weight is 171 g/mol. The SMILES string of the molecule is CC1CCCC(N)(C(=O)O)CC1. The van der Waals surface area contributed by atoms with Crippen molar-refractivity contribution in [2.45, 2.75) is 44.6 Å². The Morgan fingerprint density at radius 1 is 1.50 bits per heavy atom. The van der Waals surface area contributed by atoms with Gasteiger partial charge in [-0.05, 0) is 25.2 Å². The van der Waals surface area contributed by atoms with Crippen LogP contribution in [0.5, 0.6) is 0 Å². The van der Waals surface area contributed by atoms with Crippen molar-refractivity contribution in [2.75, 3.05) is 0 Å². The lowest BCUT2D eigenvalue weighted by Crippen LogP contribution is -2.47. The highest BCUT2D eigenvalue weighted by atomic mass is 16.4. The zero-order valence-corrected chi connectivity index (χ0v) is 7.55. The first-order valence-corrected chi connectivity index (χ1v) is 4.57. The maximum Gasteiger partial charge on any atom is 0.323 e. The van der Waals surface area contributed by atoms with Crippen LogP contribution in [0.3, 0.4) is 0 Å². The Morgan fingerprint density at radius 2 is 2.17 bits per heavy atom. The van der Waals surface area contributed by atoms with Crippen LogP contribution < -0.4 is 5.73 Å².